The summed E-state index contributed by atoms with van der Waals surface area (Å²) in [5.41, 5.74) is 0.806. The van der Waals surface area contributed by atoms with Gasteiger partial charge in [-0.3, -0.25) is 4.79 Å². The molecule has 6 heteroatoms. The van der Waals surface area contributed by atoms with Gasteiger partial charge in [0, 0.05) is 37.5 Å². The van der Waals surface area contributed by atoms with Crippen molar-refractivity contribution >= 4 is 22.7 Å². The van der Waals surface area contributed by atoms with Crippen LogP contribution in [0.2, 0.25) is 0 Å². The van der Waals surface area contributed by atoms with Crippen LogP contribution >= 0.6 is 0 Å². The molecule has 0 aromatic carbocycles. The van der Waals surface area contributed by atoms with Crippen molar-refractivity contribution in [3.05, 3.63) is 18.5 Å². The lowest BCUT2D eigenvalue weighted by Gasteiger charge is -2.36. The van der Waals surface area contributed by atoms with Crippen LogP contribution in [0.25, 0.3) is 11.0 Å². The highest BCUT2D eigenvalue weighted by molar-refractivity contribution is 5.86. The molecule has 21 heavy (non-hydrogen) atoms. The zero-order chi connectivity index (χ0) is 14.2. The maximum absolute atomic E-state index is 11.8. The number of rotatable bonds is 2. The van der Waals surface area contributed by atoms with Crippen LogP contribution in [0.4, 0.5) is 5.82 Å². The second-order valence-electron chi connectivity index (χ2n) is 5.78. The number of piperidine rings is 1. The number of aromatic nitrogens is 2. The SMILES string of the molecule is O=C1CCCN1C1CCN(c2nncc3ccoc23)CC1. The number of hydrogen-bond acceptors (Lipinski definition) is 5. The molecule has 0 radical (unpaired) electrons. The molecule has 1 amide bonds. The second-order valence-corrected chi connectivity index (χ2v) is 5.78. The monoisotopic (exact) mass is 286 g/mol. The average molecular weight is 286 g/mol. The van der Waals surface area contributed by atoms with Gasteiger partial charge in [-0.05, 0) is 25.3 Å². The second kappa shape index (κ2) is 5.02. The Hall–Kier alpha value is -2.11. The molecule has 2 aliphatic rings. The Labute approximate surface area is 122 Å². The van der Waals surface area contributed by atoms with E-state index in [0.29, 0.717) is 11.9 Å². The van der Waals surface area contributed by atoms with Gasteiger partial charge in [0.25, 0.3) is 0 Å². The molecule has 110 valence electrons. The molecule has 4 rings (SSSR count). The molecular weight excluding hydrogens is 268 g/mol. The molecule has 0 N–H and O–H groups in total. The van der Waals surface area contributed by atoms with Crippen LogP contribution in [0.15, 0.2) is 22.9 Å². The van der Waals surface area contributed by atoms with Crippen molar-refractivity contribution < 1.29 is 9.21 Å². The van der Waals surface area contributed by atoms with Gasteiger partial charge in [-0.1, -0.05) is 0 Å². The number of carbonyl (C=O) groups excluding carboxylic acids is 1. The molecule has 0 aliphatic carbocycles. The number of likely N-dealkylation sites (tertiary alicyclic amines) is 1. The molecule has 2 aromatic heterocycles. The first-order valence-electron chi connectivity index (χ1n) is 7.56. The Morgan fingerprint density at radius 3 is 2.86 bits per heavy atom. The van der Waals surface area contributed by atoms with Crippen LogP contribution < -0.4 is 4.90 Å². The molecule has 0 atom stereocenters. The van der Waals surface area contributed by atoms with Crippen LogP contribution in [0, 0.1) is 0 Å². The topological polar surface area (TPSA) is 62.5 Å². The first-order chi connectivity index (χ1) is 10.3. The summed E-state index contributed by atoms with van der Waals surface area (Å²) < 4.78 is 5.54. The Morgan fingerprint density at radius 1 is 1.24 bits per heavy atom. The number of carbonyl (C=O) groups is 1. The van der Waals surface area contributed by atoms with Crippen LogP contribution in [0.3, 0.4) is 0 Å². The molecular formula is C15H18N4O2. The van der Waals surface area contributed by atoms with Gasteiger partial charge in [0.1, 0.15) is 0 Å². The van der Waals surface area contributed by atoms with Crippen molar-refractivity contribution in [1.82, 2.24) is 15.1 Å². The third-order valence-corrected chi connectivity index (χ3v) is 4.56. The minimum absolute atomic E-state index is 0.321. The third kappa shape index (κ3) is 2.14. The lowest BCUT2D eigenvalue weighted by Crippen LogP contribution is -2.45. The van der Waals surface area contributed by atoms with E-state index in [9.17, 15) is 4.79 Å². The van der Waals surface area contributed by atoms with Crippen molar-refractivity contribution in [3.63, 3.8) is 0 Å². The van der Waals surface area contributed by atoms with Gasteiger partial charge < -0.3 is 14.2 Å². The van der Waals surface area contributed by atoms with Crippen LogP contribution in [-0.2, 0) is 4.79 Å². The smallest absolute Gasteiger partial charge is 0.222 e. The predicted octanol–water partition coefficient (Wildman–Crippen LogP) is 1.81. The zero-order valence-electron chi connectivity index (χ0n) is 11.9. The number of nitrogens with zero attached hydrogens (tertiary/aromatic N) is 4. The van der Waals surface area contributed by atoms with Crippen molar-refractivity contribution in [2.75, 3.05) is 24.5 Å². The average Bonchev–Trinajstić information content (AvgIpc) is 3.15. The van der Waals surface area contributed by atoms with Gasteiger partial charge in [-0.25, -0.2) is 0 Å². The summed E-state index contributed by atoms with van der Waals surface area (Å²) in [4.78, 5) is 16.1. The summed E-state index contributed by atoms with van der Waals surface area (Å²) in [7, 11) is 0. The standard InChI is InChI=1S/C15H18N4O2/c20-13-2-1-6-19(13)12-3-7-18(8-4-12)15-14-11(5-9-21-14)10-16-17-15/h5,9-10,12H,1-4,6-8H2. The fraction of sp³-hybridized carbons (Fsp3) is 0.533. The molecule has 6 nitrogen and oxygen atoms in total. The van der Waals surface area contributed by atoms with E-state index in [-0.39, 0.29) is 0 Å². The van der Waals surface area contributed by atoms with Gasteiger partial charge in [0.2, 0.25) is 5.91 Å². The normalized spacial score (nSPS) is 20.7. The highest BCUT2D eigenvalue weighted by Crippen LogP contribution is 2.28. The number of anilines is 1. The molecule has 2 saturated heterocycles. The minimum atomic E-state index is 0.321. The maximum Gasteiger partial charge on any atom is 0.222 e. The van der Waals surface area contributed by atoms with E-state index in [1.807, 2.05) is 6.07 Å². The number of fused-ring (bicyclic) bond motifs is 1. The first kappa shape index (κ1) is 12.6. The van der Waals surface area contributed by atoms with Crippen molar-refractivity contribution in [2.45, 2.75) is 31.7 Å². The van der Waals surface area contributed by atoms with E-state index in [4.69, 9.17) is 4.42 Å². The first-order valence-corrected chi connectivity index (χ1v) is 7.56. The third-order valence-electron chi connectivity index (χ3n) is 4.56. The largest absolute Gasteiger partial charge is 0.460 e. The van der Waals surface area contributed by atoms with E-state index in [2.05, 4.69) is 20.0 Å². The highest BCUT2D eigenvalue weighted by Gasteiger charge is 2.31. The van der Waals surface area contributed by atoms with Gasteiger partial charge in [0.05, 0.1) is 12.5 Å². The Balaban J connectivity index is 1.50. The van der Waals surface area contributed by atoms with E-state index in [1.165, 1.54) is 0 Å². The fourth-order valence-electron chi connectivity index (χ4n) is 3.45. The van der Waals surface area contributed by atoms with Gasteiger partial charge in [-0.15, -0.1) is 5.10 Å². The summed E-state index contributed by atoms with van der Waals surface area (Å²) in [5, 5.41) is 9.28. The quantitative estimate of drug-likeness (QED) is 0.842. The number of amides is 1. The Kier molecular flexibility index (Phi) is 3.02. The van der Waals surface area contributed by atoms with Crippen molar-refractivity contribution in [2.24, 2.45) is 0 Å². The summed E-state index contributed by atoms with van der Waals surface area (Å²) in [5.74, 6) is 1.14. The Morgan fingerprint density at radius 2 is 2.10 bits per heavy atom. The van der Waals surface area contributed by atoms with Crippen LogP contribution in [-0.4, -0.2) is 46.7 Å². The lowest BCUT2D eigenvalue weighted by atomic mass is 10.0. The van der Waals surface area contributed by atoms with E-state index in [1.54, 1.807) is 12.5 Å². The molecule has 2 aliphatic heterocycles. The molecule has 2 aromatic rings. The summed E-state index contributed by atoms with van der Waals surface area (Å²) in [6.45, 7) is 2.71. The summed E-state index contributed by atoms with van der Waals surface area (Å²) >= 11 is 0. The van der Waals surface area contributed by atoms with Gasteiger partial charge >= 0.3 is 0 Å². The van der Waals surface area contributed by atoms with Crippen molar-refractivity contribution in [3.8, 4) is 0 Å². The minimum Gasteiger partial charge on any atom is -0.460 e. The molecule has 0 saturated carbocycles. The molecule has 4 heterocycles. The molecule has 0 bridgehead atoms. The Bertz CT molecular complexity index is 660. The van der Waals surface area contributed by atoms with Crippen LogP contribution in [0.5, 0.6) is 0 Å². The molecule has 2 fully saturated rings. The van der Waals surface area contributed by atoms with Gasteiger partial charge in [-0.2, -0.15) is 5.10 Å². The van der Waals surface area contributed by atoms with E-state index >= 15 is 0 Å². The number of hydrogen-bond donors (Lipinski definition) is 0. The van der Waals surface area contributed by atoms with E-state index in [0.717, 1.165) is 62.1 Å². The lowest BCUT2D eigenvalue weighted by molar-refractivity contribution is -0.130. The summed E-state index contributed by atoms with van der Waals surface area (Å²) in [6.07, 6.45) is 7.10. The van der Waals surface area contributed by atoms with Crippen molar-refractivity contribution in [1.29, 1.82) is 0 Å². The molecule has 0 spiro atoms. The fourth-order valence-corrected chi connectivity index (χ4v) is 3.45. The number of furan rings is 1. The predicted molar refractivity (Wildman–Crippen MR) is 78.0 cm³/mol. The summed E-state index contributed by atoms with van der Waals surface area (Å²) in [6, 6.07) is 2.29. The maximum atomic E-state index is 11.8. The van der Waals surface area contributed by atoms with Gasteiger partial charge in [0.15, 0.2) is 11.4 Å². The molecule has 0 unspecified atom stereocenters. The zero-order valence-corrected chi connectivity index (χ0v) is 11.9. The van der Waals surface area contributed by atoms with E-state index < -0.39 is 0 Å². The highest BCUT2D eigenvalue weighted by atomic mass is 16.3. The van der Waals surface area contributed by atoms with Crippen LogP contribution in [0.1, 0.15) is 25.7 Å².